The molecule has 0 radical (unpaired) electrons. The van der Waals surface area contributed by atoms with Crippen LogP contribution in [0.2, 0.25) is 0 Å². The molecular formula is C11H19N5O2. The lowest BCUT2D eigenvalue weighted by molar-refractivity contribution is 0.0921. The number of nitrogens with one attached hydrogen (secondary N) is 1. The van der Waals surface area contributed by atoms with Crippen LogP contribution in [0.25, 0.3) is 0 Å². The van der Waals surface area contributed by atoms with Crippen LogP contribution in [0, 0.1) is 0 Å². The number of carbonyl (C=O) groups is 1. The van der Waals surface area contributed by atoms with Crippen LogP contribution >= 0.6 is 0 Å². The number of aromatic nitrogens is 2. The zero-order valence-corrected chi connectivity index (χ0v) is 10.6. The molecule has 18 heavy (non-hydrogen) atoms. The molecule has 1 saturated heterocycles. The molecule has 2 heterocycles. The van der Waals surface area contributed by atoms with Crippen LogP contribution in [0.15, 0.2) is 4.63 Å². The third-order valence-corrected chi connectivity index (χ3v) is 3.30. The second kappa shape index (κ2) is 5.81. The first-order valence-electron chi connectivity index (χ1n) is 6.28. The van der Waals surface area contributed by atoms with E-state index in [9.17, 15) is 4.79 Å². The van der Waals surface area contributed by atoms with Gasteiger partial charge in [0.05, 0.1) is 0 Å². The van der Waals surface area contributed by atoms with E-state index in [1.165, 1.54) is 19.3 Å². The highest BCUT2D eigenvalue weighted by Gasteiger charge is 2.20. The molecule has 1 unspecified atom stereocenters. The van der Waals surface area contributed by atoms with Gasteiger partial charge >= 0.3 is 0 Å². The second-order valence-electron chi connectivity index (χ2n) is 4.65. The Hall–Kier alpha value is -1.63. The SMILES string of the molecule is CC(CNC(=O)c1nonc1N)N1CCCCC1. The van der Waals surface area contributed by atoms with E-state index in [1.54, 1.807) is 0 Å². The number of anilines is 1. The molecule has 0 saturated carbocycles. The van der Waals surface area contributed by atoms with Gasteiger partial charge in [-0.25, -0.2) is 4.63 Å². The molecule has 1 aliphatic heterocycles. The first-order chi connectivity index (χ1) is 8.68. The summed E-state index contributed by atoms with van der Waals surface area (Å²) in [6.07, 6.45) is 3.77. The van der Waals surface area contributed by atoms with Gasteiger partial charge < -0.3 is 11.1 Å². The molecular weight excluding hydrogens is 234 g/mol. The largest absolute Gasteiger partial charge is 0.379 e. The van der Waals surface area contributed by atoms with Crippen molar-refractivity contribution in [2.45, 2.75) is 32.2 Å². The number of hydrogen-bond donors (Lipinski definition) is 2. The maximum Gasteiger partial charge on any atom is 0.277 e. The summed E-state index contributed by atoms with van der Waals surface area (Å²) in [7, 11) is 0. The molecule has 1 atom stereocenters. The predicted molar refractivity (Wildman–Crippen MR) is 65.9 cm³/mol. The summed E-state index contributed by atoms with van der Waals surface area (Å²) in [6.45, 7) is 4.89. The fourth-order valence-corrected chi connectivity index (χ4v) is 2.17. The van der Waals surface area contributed by atoms with Crippen molar-refractivity contribution in [2.24, 2.45) is 0 Å². The lowest BCUT2D eigenvalue weighted by atomic mass is 10.1. The highest BCUT2D eigenvalue weighted by molar-refractivity contribution is 5.95. The molecule has 7 nitrogen and oxygen atoms in total. The molecule has 0 bridgehead atoms. The lowest BCUT2D eigenvalue weighted by Crippen LogP contribution is -2.44. The zero-order valence-electron chi connectivity index (χ0n) is 10.6. The average molecular weight is 253 g/mol. The molecule has 2 rings (SSSR count). The molecule has 0 aromatic carbocycles. The summed E-state index contributed by atoms with van der Waals surface area (Å²) in [5.74, 6) is -0.310. The number of nitrogen functional groups attached to an aromatic ring is 1. The minimum absolute atomic E-state index is 0.0260. The summed E-state index contributed by atoms with van der Waals surface area (Å²) in [5, 5.41) is 9.64. The van der Waals surface area contributed by atoms with Gasteiger partial charge in [0.15, 0.2) is 0 Å². The molecule has 0 spiro atoms. The van der Waals surface area contributed by atoms with Gasteiger partial charge in [0.1, 0.15) is 0 Å². The monoisotopic (exact) mass is 253 g/mol. The van der Waals surface area contributed by atoms with E-state index in [0.717, 1.165) is 13.1 Å². The Labute approximate surface area is 106 Å². The quantitative estimate of drug-likeness (QED) is 0.798. The number of piperidine rings is 1. The van der Waals surface area contributed by atoms with E-state index in [4.69, 9.17) is 5.73 Å². The van der Waals surface area contributed by atoms with Crippen LogP contribution in [-0.2, 0) is 0 Å². The molecule has 0 aliphatic carbocycles. The van der Waals surface area contributed by atoms with Gasteiger partial charge in [-0.1, -0.05) is 6.42 Å². The number of rotatable bonds is 4. The molecule has 7 heteroatoms. The van der Waals surface area contributed by atoms with E-state index in [1.807, 2.05) is 0 Å². The third-order valence-electron chi connectivity index (χ3n) is 3.30. The number of carbonyl (C=O) groups excluding carboxylic acids is 1. The minimum Gasteiger partial charge on any atom is -0.379 e. The first-order valence-corrected chi connectivity index (χ1v) is 6.28. The van der Waals surface area contributed by atoms with Gasteiger partial charge in [-0.05, 0) is 43.2 Å². The third kappa shape index (κ3) is 2.98. The Morgan fingerprint density at radius 2 is 2.17 bits per heavy atom. The van der Waals surface area contributed by atoms with Crippen LogP contribution in [-0.4, -0.2) is 46.8 Å². The van der Waals surface area contributed by atoms with Crippen LogP contribution in [0.4, 0.5) is 5.82 Å². The zero-order chi connectivity index (χ0) is 13.0. The summed E-state index contributed by atoms with van der Waals surface area (Å²) in [6, 6.07) is 0.315. The van der Waals surface area contributed by atoms with Gasteiger partial charge in [-0.2, -0.15) is 0 Å². The highest BCUT2D eigenvalue weighted by atomic mass is 16.6. The summed E-state index contributed by atoms with van der Waals surface area (Å²) < 4.78 is 4.39. The van der Waals surface area contributed by atoms with Gasteiger partial charge in [0.2, 0.25) is 11.5 Å². The highest BCUT2D eigenvalue weighted by Crippen LogP contribution is 2.11. The van der Waals surface area contributed by atoms with Crippen molar-refractivity contribution < 1.29 is 9.42 Å². The molecule has 1 amide bonds. The van der Waals surface area contributed by atoms with Crippen molar-refractivity contribution in [1.29, 1.82) is 0 Å². The van der Waals surface area contributed by atoms with E-state index in [2.05, 4.69) is 32.1 Å². The molecule has 1 aliphatic rings. The Kier molecular flexibility index (Phi) is 4.14. The van der Waals surface area contributed by atoms with Crippen molar-refractivity contribution in [3.05, 3.63) is 5.69 Å². The molecule has 3 N–H and O–H groups in total. The van der Waals surface area contributed by atoms with Crippen LogP contribution < -0.4 is 11.1 Å². The normalized spacial score (nSPS) is 18.5. The smallest absolute Gasteiger partial charge is 0.277 e. The topological polar surface area (TPSA) is 97.3 Å². The van der Waals surface area contributed by atoms with Gasteiger partial charge in [-0.3, -0.25) is 9.69 Å². The van der Waals surface area contributed by atoms with Crippen LogP contribution in [0.3, 0.4) is 0 Å². The van der Waals surface area contributed by atoms with Crippen molar-refractivity contribution in [2.75, 3.05) is 25.4 Å². The number of hydrogen-bond acceptors (Lipinski definition) is 6. The number of nitrogens with zero attached hydrogens (tertiary/aromatic N) is 3. The Morgan fingerprint density at radius 3 is 2.78 bits per heavy atom. The van der Waals surface area contributed by atoms with Crippen molar-refractivity contribution >= 4 is 11.7 Å². The molecule has 1 fully saturated rings. The molecule has 100 valence electrons. The number of amides is 1. The first kappa shape index (κ1) is 12.8. The second-order valence-corrected chi connectivity index (χ2v) is 4.65. The van der Waals surface area contributed by atoms with Crippen molar-refractivity contribution in [3.63, 3.8) is 0 Å². The van der Waals surface area contributed by atoms with E-state index in [0.29, 0.717) is 12.6 Å². The lowest BCUT2D eigenvalue weighted by Gasteiger charge is -2.32. The summed E-state index contributed by atoms with van der Waals surface area (Å²) >= 11 is 0. The van der Waals surface area contributed by atoms with E-state index < -0.39 is 0 Å². The van der Waals surface area contributed by atoms with Crippen molar-refractivity contribution in [1.82, 2.24) is 20.5 Å². The van der Waals surface area contributed by atoms with Gasteiger partial charge in [0, 0.05) is 12.6 Å². The van der Waals surface area contributed by atoms with Gasteiger partial charge in [0.25, 0.3) is 5.91 Å². The maximum atomic E-state index is 11.7. The Bertz CT molecular complexity index is 400. The Balaban J connectivity index is 1.80. The maximum absolute atomic E-state index is 11.7. The van der Waals surface area contributed by atoms with E-state index in [-0.39, 0.29) is 17.4 Å². The average Bonchev–Trinajstić information content (AvgIpc) is 2.83. The summed E-state index contributed by atoms with van der Waals surface area (Å²) in [5.41, 5.74) is 5.51. The standard InChI is InChI=1S/C11H19N5O2/c1-8(16-5-3-2-4-6-16)7-13-11(17)9-10(12)15-18-14-9/h8H,2-7H2,1H3,(H2,12,15)(H,13,17). The fraction of sp³-hybridized carbons (Fsp3) is 0.727. The van der Waals surface area contributed by atoms with E-state index >= 15 is 0 Å². The fourth-order valence-electron chi connectivity index (χ4n) is 2.17. The van der Waals surface area contributed by atoms with Gasteiger partial charge in [-0.15, -0.1) is 0 Å². The molecule has 1 aromatic rings. The van der Waals surface area contributed by atoms with Crippen LogP contribution in [0.1, 0.15) is 36.7 Å². The Morgan fingerprint density at radius 1 is 1.44 bits per heavy atom. The summed E-state index contributed by atoms with van der Waals surface area (Å²) in [4.78, 5) is 14.1. The predicted octanol–water partition coefficient (Wildman–Crippen LogP) is 0.256. The number of nitrogens with two attached hydrogens (primary N) is 1. The van der Waals surface area contributed by atoms with Crippen molar-refractivity contribution in [3.8, 4) is 0 Å². The molecule has 1 aromatic heterocycles. The van der Waals surface area contributed by atoms with Crippen LogP contribution in [0.5, 0.6) is 0 Å². The minimum atomic E-state index is -0.336. The number of likely N-dealkylation sites (tertiary alicyclic amines) is 1.